The fourth-order valence-electron chi connectivity index (χ4n) is 2.82. The van der Waals surface area contributed by atoms with E-state index in [0.29, 0.717) is 24.2 Å². The molecule has 0 saturated carbocycles. The highest BCUT2D eigenvalue weighted by Crippen LogP contribution is 2.17. The van der Waals surface area contributed by atoms with Gasteiger partial charge in [-0.05, 0) is 36.4 Å². The number of hydrogen-bond acceptors (Lipinski definition) is 5. The molecule has 32 heavy (non-hydrogen) atoms. The number of nitrogens with one attached hydrogen (secondary N) is 1. The minimum Gasteiger partial charge on any atom is -0.502 e. The SMILES string of the molecule is CC.CCC(=O)c1ccc(C#Cc2ccc(NCc3oc(CC)cc(=O)c3O)cc2)cc1. The summed E-state index contributed by atoms with van der Waals surface area (Å²) in [6.07, 6.45) is 1.06. The van der Waals surface area contributed by atoms with Gasteiger partial charge in [-0.15, -0.1) is 0 Å². The molecule has 166 valence electrons. The molecule has 3 aromatic rings. The van der Waals surface area contributed by atoms with Crippen LogP contribution in [0.15, 0.2) is 63.8 Å². The van der Waals surface area contributed by atoms with Crippen LogP contribution in [0.25, 0.3) is 0 Å². The highest BCUT2D eigenvalue weighted by molar-refractivity contribution is 5.95. The number of benzene rings is 2. The Bertz CT molecular complexity index is 1150. The summed E-state index contributed by atoms with van der Waals surface area (Å²) in [4.78, 5) is 23.4. The van der Waals surface area contributed by atoms with Crippen molar-refractivity contribution in [1.82, 2.24) is 0 Å². The molecule has 0 aliphatic heterocycles. The van der Waals surface area contributed by atoms with Gasteiger partial charge in [0.25, 0.3) is 0 Å². The van der Waals surface area contributed by atoms with Crippen molar-refractivity contribution >= 4 is 11.5 Å². The number of hydrogen-bond donors (Lipinski definition) is 2. The van der Waals surface area contributed by atoms with Gasteiger partial charge in [-0.3, -0.25) is 9.59 Å². The fraction of sp³-hybridized carbons (Fsp3) is 0.259. The van der Waals surface area contributed by atoms with Gasteiger partial charge in [0.15, 0.2) is 11.5 Å². The largest absolute Gasteiger partial charge is 0.502 e. The van der Waals surface area contributed by atoms with Crippen molar-refractivity contribution in [2.75, 3.05) is 5.32 Å². The first-order valence-electron chi connectivity index (χ1n) is 10.8. The quantitative estimate of drug-likeness (QED) is 0.396. The molecule has 0 spiro atoms. The Morgan fingerprint density at radius 3 is 2.06 bits per heavy atom. The predicted molar refractivity (Wildman–Crippen MR) is 128 cm³/mol. The van der Waals surface area contributed by atoms with E-state index < -0.39 is 5.43 Å². The summed E-state index contributed by atoms with van der Waals surface area (Å²) in [5.41, 5.74) is 2.76. The van der Waals surface area contributed by atoms with Gasteiger partial charge in [0, 0.05) is 41.3 Å². The van der Waals surface area contributed by atoms with E-state index in [2.05, 4.69) is 17.2 Å². The number of ketones is 1. The van der Waals surface area contributed by atoms with Crippen molar-refractivity contribution in [2.45, 2.75) is 47.1 Å². The molecule has 0 unspecified atom stereocenters. The highest BCUT2D eigenvalue weighted by atomic mass is 16.4. The van der Waals surface area contributed by atoms with Gasteiger partial charge in [0.05, 0.1) is 6.54 Å². The minimum atomic E-state index is -0.437. The summed E-state index contributed by atoms with van der Waals surface area (Å²) in [7, 11) is 0. The Kier molecular flexibility index (Phi) is 9.31. The Labute approximate surface area is 189 Å². The molecular formula is C27H29NO4. The molecule has 0 aliphatic carbocycles. The number of carbonyl (C=O) groups excluding carboxylic acids is 1. The van der Waals surface area contributed by atoms with Crippen LogP contribution >= 0.6 is 0 Å². The van der Waals surface area contributed by atoms with Crippen molar-refractivity contribution in [3.63, 3.8) is 0 Å². The second-order valence-corrected chi connectivity index (χ2v) is 6.74. The summed E-state index contributed by atoms with van der Waals surface area (Å²) in [6.45, 7) is 7.92. The molecule has 2 N–H and O–H groups in total. The van der Waals surface area contributed by atoms with Crippen molar-refractivity contribution in [1.29, 1.82) is 0 Å². The first-order chi connectivity index (χ1) is 15.5. The van der Waals surface area contributed by atoms with E-state index in [1.165, 1.54) is 6.07 Å². The third kappa shape index (κ3) is 6.61. The molecule has 2 aromatic carbocycles. The van der Waals surface area contributed by atoms with E-state index in [-0.39, 0.29) is 23.8 Å². The minimum absolute atomic E-state index is 0.117. The maximum atomic E-state index is 11.8. The highest BCUT2D eigenvalue weighted by Gasteiger charge is 2.10. The monoisotopic (exact) mass is 431 g/mol. The molecule has 1 heterocycles. The number of Topliss-reactive ketones (excluding diaryl/α,β-unsaturated/α-hetero) is 1. The lowest BCUT2D eigenvalue weighted by Gasteiger charge is -2.08. The Hall–Kier alpha value is -3.78. The van der Waals surface area contributed by atoms with Crippen LogP contribution in [0.1, 0.15) is 67.1 Å². The van der Waals surface area contributed by atoms with Crippen molar-refractivity contribution < 1.29 is 14.3 Å². The second kappa shape index (κ2) is 12.2. The molecule has 5 nitrogen and oxygen atoms in total. The van der Waals surface area contributed by atoms with Crippen LogP contribution in [-0.2, 0) is 13.0 Å². The van der Waals surface area contributed by atoms with Gasteiger partial charge < -0.3 is 14.8 Å². The molecule has 3 rings (SSSR count). The second-order valence-electron chi connectivity index (χ2n) is 6.74. The molecule has 0 radical (unpaired) electrons. The van der Waals surface area contributed by atoms with E-state index in [1.54, 1.807) is 12.1 Å². The van der Waals surface area contributed by atoms with Crippen LogP contribution in [0.2, 0.25) is 0 Å². The van der Waals surface area contributed by atoms with Crippen LogP contribution in [0.4, 0.5) is 5.69 Å². The van der Waals surface area contributed by atoms with Crippen molar-refractivity contribution in [3.05, 3.63) is 93.0 Å². The van der Waals surface area contributed by atoms with Gasteiger partial charge in [-0.25, -0.2) is 0 Å². The molecule has 0 bridgehead atoms. The molecule has 1 aromatic heterocycles. The lowest BCUT2D eigenvalue weighted by molar-refractivity contribution is 0.0988. The summed E-state index contributed by atoms with van der Waals surface area (Å²) in [6, 6.07) is 16.1. The summed E-state index contributed by atoms with van der Waals surface area (Å²) < 4.78 is 5.55. The lowest BCUT2D eigenvalue weighted by Crippen LogP contribution is -2.08. The number of rotatable bonds is 6. The Morgan fingerprint density at radius 2 is 1.53 bits per heavy atom. The fourth-order valence-corrected chi connectivity index (χ4v) is 2.82. The number of carbonyl (C=O) groups is 1. The van der Waals surface area contributed by atoms with Gasteiger partial charge in [-0.2, -0.15) is 0 Å². The van der Waals surface area contributed by atoms with E-state index in [9.17, 15) is 14.7 Å². The summed E-state index contributed by atoms with van der Waals surface area (Å²) in [5, 5.41) is 13.0. The van der Waals surface area contributed by atoms with Crippen LogP contribution in [-0.4, -0.2) is 10.9 Å². The predicted octanol–water partition coefficient (Wildman–Crippen LogP) is 5.54. The summed E-state index contributed by atoms with van der Waals surface area (Å²) >= 11 is 0. The molecule has 0 aliphatic rings. The molecular weight excluding hydrogens is 402 g/mol. The normalized spacial score (nSPS) is 9.75. The third-order valence-corrected chi connectivity index (χ3v) is 4.61. The molecule has 0 saturated heterocycles. The van der Waals surface area contributed by atoms with Crippen LogP contribution < -0.4 is 10.7 Å². The zero-order valence-corrected chi connectivity index (χ0v) is 19.0. The van der Waals surface area contributed by atoms with Crippen LogP contribution in [0.5, 0.6) is 5.75 Å². The molecule has 0 fully saturated rings. The van der Waals surface area contributed by atoms with E-state index in [4.69, 9.17) is 4.42 Å². The van der Waals surface area contributed by atoms with Gasteiger partial charge in [0.2, 0.25) is 11.2 Å². The zero-order chi connectivity index (χ0) is 23.5. The molecule has 5 heteroatoms. The van der Waals surface area contributed by atoms with Crippen LogP contribution in [0, 0.1) is 11.8 Å². The number of aryl methyl sites for hydroxylation is 1. The lowest BCUT2D eigenvalue weighted by atomic mass is 10.1. The number of aromatic hydroxyl groups is 1. The van der Waals surface area contributed by atoms with Crippen LogP contribution in [0.3, 0.4) is 0 Å². The van der Waals surface area contributed by atoms with Crippen molar-refractivity contribution in [3.8, 4) is 17.6 Å². The first kappa shape index (κ1) is 24.5. The molecule has 0 amide bonds. The van der Waals surface area contributed by atoms with E-state index in [0.717, 1.165) is 16.8 Å². The smallest absolute Gasteiger partial charge is 0.227 e. The van der Waals surface area contributed by atoms with Gasteiger partial charge >= 0.3 is 0 Å². The zero-order valence-electron chi connectivity index (χ0n) is 19.0. The topological polar surface area (TPSA) is 79.5 Å². The average Bonchev–Trinajstić information content (AvgIpc) is 2.85. The van der Waals surface area contributed by atoms with Gasteiger partial charge in [0.1, 0.15) is 5.76 Å². The van der Waals surface area contributed by atoms with E-state index >= 15 is 0 Å². The third-order valence-electron chi connectivity index (χ3n) is 4.61. The standard InChI is InChI=1S/C25H23NO4.C2H6/c1-3-21-15-23(28)25(29)24(30-21)16-26-20-13-9-18(10-14-20)6-5-17-7-11-19(12-8-17)22(27)4-2;1-2/h7-15,26,29H,3-4,16H2,1-2H3;1-2H3. The Morgan fingerprint density at radius 1 is 0.969 bits per heavy atom. The maximum Gasteiger partial charge on any atom is 0.227 e. The van der Waals surface area contributed by atoms with E-state index in [1.807, 2.05) is 64.1 Å². The Balaban J connectivity index is 0.00000176. The average molecular weight is 432 g/mol. The van der Waals surface area contributed by atoms with Crippen molar-refractivity contribution in [2.24, 2.45) is 0 Å². The maximum absolute atomic E-state index is 11.8. The summed E-state index contributed by atoms with van der Waals surface area (Å²) in [5.74, 6) is 6.68. The number of anilines is 1. The van der Waals surface area contributed by atoms with Gasteiger partial charge in [-0.1, -0.05) is 51.7 Å². The first-order valence-corrected chi connectivity index (χ1v) is 10.8. The molecule has 0 atom stereocenters.